The minimum atomic E-state index is 0. The van der Waals surface area contributed by atoms with E-state index in [1.807, 2.05) is 42.8 Å². The third-order valence-electron chi connectivity index (χ3n) is 3.19. The summed E-state index contributed by atoms with van der Waals surface area (Å²) in [6, 6.07) is 10.4. The number of nitrogens with zero attached hydrogens (tertiary/aromatic N) is 3. The van der Waals surface area contributed by atoms with E-state index in [0.717, 1.165) is 22.7 Å². The van der Waals surface area contributed by atoms with Crippen LogP contribution in [-0.4, -0.2) is 28.2 Å². The van der Waals surface area contributed by atoms with Crippen LogP contribution in [0.2, 0.25) is 0 Å². The number of rotatable bonds is 5. The Morgan fingerprint density at radius 1 is 1.23 bits per heavy atom. The van der Waals surface area contributed by atoms with Crippen molar-refractivity contribution in [1.82, 2.24) is 20.4 Å². The summed E-state index contributed by atoms with van der Waals surface area (Å²) < 4.78 is 5.30. The predicted molar refractivity (Wildman–Crippen MR) is 90.3 cm³/mol. The van der Waals surface area contributed by atoms with Crippen LogP contribution in [0.25, 0.3) is 22.2 Å². The molecule has 5 nitrogen and oxygen atoms in total. The Kier molecular flexibility index (Phi) is 5.65. The molecule has 0 saturated carbocycles. The Hall–Kier alpha value is -1.76. The Morgan fingerprint density at radius 2 is 2.00 bits per heavy atom. The molecule has 0 aliphatic carbocycles. The fourth-order valence-electron chi connectivity index (χ4n) is 1.90. The number of aromatic nitrogens is 3. The Bertz CT molecular complexity index is 713. The van der Waals surface area contributed by atoms with Crippen LogP contribution in [0.15, 0.2) is 40.2 Å². The first-order chi connectivity index (χ1) is 10.3. The second kappa shape index (κ2) is 7.49. The quantitative estimate of drug-likeness (QED) is 0.773. The lowest BCUT2D eigenvalue weighted by atomic mass is 10.2. The minimum absolute atomic E-state index is 0. The van der Waals surface area contributed by atoms with Gasteiger partial charge in [-0.25, -0.2) is 4.98 Å². The molecule has 0 aliphatic heterocycles. The molecule has 2 heterocycles. The molecule has 116 valence electrons. The molecule has 2 aromatic heterocycles. The van der Waals surface area contributed by atoms with E-state index in [1.165, 1.54) is 0 Å². The number of hydrogen-bond acceptors (Lipinski definition) is 6. The van der Waals surface area contributed by atoms with Crippen molar-refractivity contribution in [1.29, 1.82) is 0 Å². The van der Waals surface area contributed by atoms with E-state index >= 15 is 0 Å². The van der Waals surface area contributed by atoms with Crippen molar-refractivity contribution in [2.75, 3.05) is 7.05 Å². The van der Waals surface area contributed by atoms with Gasteiger partial charge < -0.3 is 9.84 Å². The van der Waals surface area contributed by atoms with Crippen molar-refractivity contribution < 1.29 is 4.52 Å². The molecule has 3 aromatic rings. The smallest absolute Gasteiger partial charge is 0.277 e. The molecule has 0 spiro atoms. The first-order valence-electron chi connectivity index (χ1n) is 6.77. The van der Waals surface area contributed by atoms with Gasteiger partial charge in [0.2, 0.25) is 0 Å². The number of hydrogen-bond donors (Lipinski definition) is 1. The van der Waals surface area contributed by atoms with Crippen LogP contribution in [0.1, 0.15) is 12.7 Å². The molecular weight excluding hydrogens is 320 g/mol. The molecule has 7 heteroatoms. The number of nitrogens with one attached hydrogen (secondary N) is 1. The lowest BCUT2D eigenvalue weighted by Gasteiger charge is -2.04. The van der Waals surface area contributed by atoms with Gasteiger partial charge in [-0.2, -0.15) is 4.98 Å². The van der Waals surface area contributed by atoms with Crippen molar-refractivity contribution in [3.8, 4) is 22.2 Å². The monoisotopic (exact) mass is 336 g/mol. The van der Waals surface area contributed by atoms with Crippen LogP contribution in [0, 0.1) is 0 Å². The van der Waals surface area contributed by atoms with E-state index in [-0.39, 0.29) is 12.4 Å². The predicted octanol–water partition coefficient (Wildman–Crippen LogP) is 3.43. The normalized spacial score (nSPS) is 11.9. The number of likely N-dealkylation sites (N-methyl/N-ethyl adjacent to an activating group) is 1. The van der Waals surface area contributed by atoms with Gasteiger partial charge in [0.25, 0.3) is 5.89 Å². The maximum atomic E-state index is 5.30. The summed E-state index contributed by atoms with van der Waals surface area (Å²) >= 11 is 1.57. The molecular formula is C15H17ClN4OS. The summed E-state index contributed by atoms with van der Waals surface area (Å²) in [5, 5.41) is 10.1. The third kappa shape index (κ3) is 3.71. The highest BCUT2D eigenvalue weighted by molar-refractivity contribution is 7.13. The fourth-order valence-corrected chi connectivity index (χ4v) is 2.70. The lowest BCUT2D eigenvalue weighted by Crippen LogP contribution is -2.24. The van der Waals surface area contributed by atoms with E-state index in [4.69, 9.17) is 4.52 Å². The molecule has 1 N–H and O–H groups in total. The van der Waals surface area contributed by atoms with Crippen molar-refractivity contribution in [2.45, 2.75) is 19.4 Å². The number of thiazole rings is 1. The van der Waals surface area contributed by atoms with Crippen LogP contribution in [0.3, 0.4) is 0 Å². The molecule has 0 fully saturated rings. The first-order valence-corrected chi connectivity index (χ1v) is 7.65. The van der Waals surface area contributed by atoms with Crippen LogP contribution >= 0.6 is 23.7 Å². The molecule has 1 unspecified atom stereocenters. The van der Waals surface area contributed by atoms with Gasteiger partial charge in [-0.05, 0) is 14.0 Å². The van der Waals surface area contributed by atoms with Crippen LogP contribution < -0.4 is 5.32 Å². The van der Waals surface area contributed by atoms with Gasteiger partial charge in [0.05, 0.1) is 0 Å². The average Bonchev–Trinajstić information content (AvgIpc) is 3.17. The Labute approximate surface area is 139 Å². The average molecular weight is 337 g/mol. The SMILES string of the molecule is CNC(C)Cc1noc(-c2csc(-c3ccccc3)n2)n1.Cl. The van der Waals surface area contributed by atoms with Gasteiger partial charge in [-0.15, -0.1) is 23.7 Å². The van der Waals surface area contributed by atoms with Gasteiger partial charge in [0.1, 0.15) is 10.7 Å². The second-order valence-electron chi connectivity index (χ2n) is 4.81. The zero-order valence-corrected chi connectivity index (χ0v) is 13.9. The van der Waals surface area contributed by atoms with E-state index in [9.17, 15) is 0 Å². The van der Waals surface area contributed by atoms with E-state index < -0.39 is 0 Å². The van der Waals surface area contributed by atoms with Gasteiger partial charge in [-0.3, -0.25) is 0 Å². The van der Waals surface area contributed by atoms with E-state index in [1.54, 1.807) is 11.3 Å². The van der Waals surface area contributed by atoms with Gasteiger partial charge in [0.15, 0.2) is 5.82 Å². The highest BCUT2D eigenvalue weighted by Gasteiger charge is 2.14. The van der Waals surface area contributed by atoms with Crippen LogP contribution in [-0.2, 0) is 6.42 Å². The molecule has 3 rings (SSSR count). The largest absolute Gasteiger partial charge is 0.332 e. The summed E-state index contributed by atoms with van der Waals surface area (Å²) in [5.74, 6) is 1.17. The van der Waals surface area contributed by atoms with Gasteiger partial charge in [-0.1, -0.05) is 35.5 Å². The zero-order chi connectivity index (χ0) is 14.7. The van der Waals surface area contributed by atoms with E-state index in [0.29, 0.717) is 17.8 Å². The molecule has 0 saturated heterocycles. The Morgan fingerprint density at radius 3 is 2.73 bits per heavy atom. The van der Waals surface area contributed by atoms with Gasteiger partial charge >= 0.3 is 0 Å². The molecule has 0 aliphatic rings. The fraction of sp³-hybridized carbons (Fsp3) is 0.267. The van der Waals surface area contributed by atoms with Crippen molar-refractivity contribution in [3.05, 3.63) is 41.5 Å². The van der Waals surface area contributed by atoms with Crippen molar-refractivity contribution in [2.24, 2.45) is 0 Å². The highest BCUT2D eigenvalue weighted by Crippen LogP contribution is 2.27. The molecule has 0 bridgehead atoms. The Balaban J connectivity index is 0.00000176. The number of halogens is 1. The maximum absolute atomic E-state index is 5.30. The highest BCUT2D eigenvalue weighted by atomic mass is 35.5. The summed E-state index contributed by atoms with van der Waals surface area (Å²) in [7, 11) is 1.91. The van der Waals surface area contributed by atoms with Gasteiger partial charge in [0, 0.05) is 23.4 Å². The van der Waals surface area contributed by atoms with Crippen LogP contribution in [0.5, 0.6) is 0 Å². The lowest BCUT2D eigenvalue weighted by molar-refractivity contribution is 0.417. The van der Waals surface area contributed by atoms with Crippen molar-refractivity contribution in [3.63, 3.8) is 0 Å². The maximum Gasteiger partial charge on any atom is 0.277 e. The topological polar surface area (TPSA) is 63.8 Å². The van der Waals surface area contributed by atoms with Crippen molar-refractivity contribution >= 4 is 23.7 Å². The second-order valence-corrected chi connectivity index (χ2v) is 5.67. The first kappa shape index (κ1) is 16.6. The summed E-state index contributed by atoms with van der Waals surface area (Å²) in [6.45, 7) is 2.08. The summed E-state index contributed by atoms with van der Waals surface area (Å²) in [5.41, 5.74) is 1.83. The van der Waals surface area contributed by atoms with Crippen LogP contribution in [0.4, 0.5) is 0 Å². The summed E-state index contributed by atoms with van der Waals surface area (Å²) in [4.78, 5) is 8.97. The standard InChI is InChI=1S/C15H16N4OS.ClH/c1-10(16-2)8-13-18-14(20-19-13)12-9-21-15(17-12)11-6-4-3-5-7-11;/h3-7,9-10,16H,8H2,1-2H3;1H. The molecule has 0 radical (unpaired) electrons. The summed E-state index contributed by atoms with van der Waals surface area (Å²) in [6.07, 6.45) is 0.732. The molecule has 22 heavy (non-hydrogen) atoms. The number of benzene rings is 1. The molecule has 1 aromatic carbocycles. The molecule has 0 amide bonds. The minimum Gasteiger partial charge on any atom is -0.332 e. The van der Waals surface area contributed by atoms with E-state index in [2.05, 4.69) is 27.4 Å². The zero-order valence-electron chi connectivity index (χ0n) is 12.3. The third-order valence-corrected chi connectivity index (χ3v) is 4.09. The molecule has 1 atom stereocenters.